The average Bonchev–Trinajstić information content (AvgIpc) is 3.39. The van der Waals surface area contributed by atoms with Crippen molar-refractivity contribution < 1.29 is 42.1 Å². The summed E-state index contributed by atoms with van der Waals surface area (Å²) < 4.78 is 34.6. The molecular weight excluding hydrogens is 978 g/mol. The minimum Gasteiger partial charge on any atom is -0.462 e. The Kier molecular flexibility index (Phi) is 54.4. The number of phosphoric ester groups is 1. The molecule has 0 saturated heterocycles. The number of hydrogen-bond donors (Lipinski definition) is 1. The molecule has 440 valence electrons. The molecule has 0 spiro atoms. The van der Waals surface area contributed by atoms with Gasteiger partial charge in [0.1, 0.15) is 19.8 Å². The molecule has 0 aromatic carbocycles. The Morgan fingerprint density at radius 3 is 1.12 bits per heavy atom. The smallest absolute Gasteiger partial charge is 0.462 e. The molecule has 10 heteroatoms. The number of rotatable bonds is 55. The molecule has 0 aliphatic carbocycles. The van der Waals surface area contributed by atoms with Gasteiger partial charge in [0.2, 0.25) is 0 Å². The van der Waals surface area contributed by atoms with Crippen molar-refractivity contribution in [2.45, 2.75) is 245 Å². The molecule has 0 aliphatic heterocycles. The normalized spacial score (nSPS) is 14.1. The summed E-state index contributed by atoms with van der Waals surface area (Å²) in [7, 11) is 1.45. The number of esters is 2. The first-order valence-electron chi connectivity index (χ1n) is 30.8. The minimum atomic E-state index is -4.40. The number of carbonyl (C=O) groups excluding carboxylic acids is 2. The lowest BCUT2D eigenvalue weighted by Crippen LogP contribution is -2.37. The lowest BCUT2D eigenvalue weighted by atomic mass is 10.1. The van der Waals surface area contributed by atoms with Gasteiger partial charge in [-0.05, 0) is 109 Å². The predicted molar refractivity (Wildman–Crippen MR) is 330 cm³/mol. The molecule has 0 rings (SSSR count). The van der Waals surface area contributed by atoms with Crippen molar-refractivity contribution >= 4 is 19.8 Å². The van der Waals surface area contributed by atoms with Crippen LogP contribution < -0.4 is 0 Å². The van der Waals surface area contributed by atoms with Gasteiger partial charge in [-0.2, -0.15) is 0 Å². The molecule has 2 unspecified atom stereocenters. The van der Waals surface area contributed by atoms with Crippen LogP contribution in [0, 0.1) is 0 Å². The summed E-state index contributed by atoms with van der Waals surface area (Å²) >= 11 is 0. The molecule has 0 aliphatic rings. The fourth-order valence-corrected chi connectivity index (χ4v) is 8.74. The highest BCUT2D eigenvalue weighted by atomic mass is 31.2. The van der Waals surface area contributed by atoms with Crippen LogP contribution in [0.15, 0.2) is 122 Å². The Morgan fingerprint density at radius 2 is 0.740 bits per heavy atom. The van der Waals surface area contributed by atoms with Crippen LogP contribution in [-0.2, 0) is 32.7 Å². The second kappa shape index (κ2) is 57.1. The molecule has 0 amide bonds. The van der Waals surface area contributed by atoms with E-state index in [9.17, 15) is 19.0 Å². The summed E-state index contributed by atoms with van der Waals surface area (Å²) in [4.78, 5) is 35.7. The van der Waals surface area contributed by atoms with Crippen molar-refractivity contribution in [3.05, 3.63) is 122 Å². The van der Waals surface area contributed by atoms with Gasteiger partial charge in [0.05, 0.1) is 27.7 Å². The van der Waals surface area contributed by atoms with Crippen LogP contribution in [0.1, 0.15) is 239 Å². The summed E-state index contributed by atoms with van der Waals surface area (Å²) in [6, 6.07) is 0. The van der Waals surface area contributed by atoms with E-state index in [4.69, 9.17) is 18.5 Å². The minimum absolute atomic E-state index is 0.0229. The lowest BCUT2D eigenvalue weighted by Gasteiger charge is -2.24. The van der Waals surface area contributed by atoms with Crippen LogP contribution in [0.3, 0.4) is 0 Å². The van der Waals surface area contributed by atoms with E-state index in [1.807, 2.05) is 21.1 Å². The molecule has 9 nitrogen and oxygen atoms in total. The Labute approximate surface area is 473 Å². The number of allylic oxidation sites excluding steroid dienone is 20. The zero-order chi connectivity index (χ0) is 56.3. The van der Waals surface area contributed by atoms with Gasteiger partial charge >= 0.3 is 19.8 Å². The maximum absolute atomic E-state index is 12.8. The van der Waals surface area contributed by atoms with Gasteiger partial charge in [-0.3, -0.25) is 18.6 Å². The van der Waals surface area contributed by atoms with Gasteiger partial charge in [0.25, 0.3) is 0 Å². The topological polar surface area (TPSA) is 108 Å². The molecule has 0 fully saturated rings. The van der Waals surface area contributed by atoms with Gasteiger partial charge in [-0.1, -0.05) is 238 Å². The van der Waals surface area contributed by atoms with Crippen molar-refractivity contribution in [1.29, 1.82) is 0 Å². The van der Waals surface area contributed by atoms with Gasteiger partial charge < -0.3 is 18.9 Å². The number of phosphoric acid groups is 1. The van der Waals surface area contributed by atoms with Crippen LogP contribution in [0.4, 0.5) is 0 Å². The quantitative estimate of drug-likeness (QED) is 0.0211. The van der Waals surface area contributed by atoms with Crippen LogP contribution >= 0.6 is 7.82 Å². The Balaban J connectivity index is 4.19. The largest absolute Gasteiger partial charge is 0.472 e. The maximum atomic E-state index is 12.8. The molecule has 0 saturated carbocycles. The average molecular weight is 1090 g/mol. The number of hydrogen-bond acceptors (Lipinski definition) is 7. The third-order valence-electron chi connectivity index (χ3n) is 12.7. The molecule has 0 aromatic rings. The highest BCUT2D eigenvalue weighted by Gasteiger charge is 2.27. The van der Waals surface area contributed by atoms with Gasteiger partial charge in [-0.25, -0.2) is 4.57 Å². The lowest BCUT2D eigenvalue weighted by molar-refractivity contribution is -0.870. The van der Waals surface area contributed by atoms with E-state index in [1.54, 1.807) is 0 Å². The van der Waals surface area contributed by atoms with E-state index < -0.39 is 26.5 Å². The van der Waals surface area contributed by atoms with Crippen molar-refractivity contribution in [1.82, 2.24) is 0 Å². The van der Waals surface area contributed by atoms with E-state index in [0.29, 0.717) is 17.4 Å². The van der Waals surface area contributed by atoms with E-state index >= 15 is 0 Å². The predicted octanol–water partition coefficient (Wildman–Crippen LogP) is 19.5. The van der Waals surface area contributed by atoms with E-state index in [1.165, 1.54) is 89.9 Å². The van der Waals surface area contributed by atoms with E-state index in [0.717, 1.165) is 116 Å². The number of unbranched alkanes of at least 4 members (excludes halogenated alkanes) is 21. The SMILES string of the molecule is CC/C=C\C/C=C\C/C=C\C/C=C\C/C=C\C/C=C\C/C=C\C/C=C\C/C=C\CCCCCCCCCC(=O)OC(COC(=O)CCCCCCCCC/C=C\CCCCCCCCC)COP(=O)(O)OCC[N+](C)(C)C. The van der Waals surface area contributed by atoms with Gasteiger partial charge in [0.15, 0.2) is 6.10 Å². The fourth-order valence-electron chi connectivity index (χ4n) is 8.00. The monoisotopic (exact) mass is 1090 g/mol. The van der Waals surface area contributed by atoms with Crippen LogP contribution in [-0.4, -0.2) is 74.9 Å². The zero-order valence-electron chi connectivity index (χ0n) is 49.9. The molecule has 0 bridgehead atoms. The molecule has 0 heterocycles. The maximum Gasteiger partial charge on any atom is 0.472 e. The Bertz CT molecular complexity index is 1710. The van der Waals surface area contributed by atoms with Crippen molar-refractivity contribution in [3.8, 4) is 0 Å². The first-order valence-corrected chi connectivity index (χ1v) is 32.3. The van der Waals surface area contributed by atoms with Gasteiger partial charge in [0, 0.05) is 12.8 Å². The van der Waals surface area contributed by atoms with E-state index in [2.05, 4.69) is 135 Å². The summed E-state index contributed by atoms with van der Waals surface area (Å²) in [5, 5.41) is 0. The third kappa shape index (κ3) is 61.5. The molecule has 1 N–H and O–H groups in total. The number of likely N-dealkylation sites (N-methyl/N-ethyl adjacent to an activating group) is 1. The molecule has 0 aromatic heterocycles. The molecular formula is C67H115NO8P+. The second-order valence-electron chi connectivity index (χ2n) is 21.4. The van der Waals surface area contributed by atoms with Crippen molar-refractivity contribution in [2.24, 2.45) is 0 Å². The number of ether oxygens (including phenoxy) is 2. The zero-order valence-corrected chi connectivity index (χ0v) is 50.8. The van der Waals surface area contributed by atoms with Crippen molar-refractivity contribution in [2.75, 3.05) is 47.5 Å². The summed E-state index contributed by atoms with van der Waals surface area (Å²) in [6.45, 7) is 4.29. The van der Waals surface area contributed by atoms with Crippen LogP contribution in [0.5, 0.6) is 0 Å². The first kappa shape index (κ1) is 73.4. The third-order valence-corrected chi connectivity index (χ3v) is 13.7. The molecule has 77 heavy (non-hydrogen) atoms. The summed E-state index contributed by atoms with van der Waals surface area (Å²) in [5.41, 5.74) is 0. The molecule has 2 atom stereocenters. The highest BCUT2D eigenvalue weighted by Crippen LogP contribution is 2.43. The second-order valence-corrected chi connectivity index (χ2v) is 22.8. The highest BCUT2D eigenvalue weighted by molar-refractivity contribution is 7.47. The number of nitrogens with zero attached hydrogens (tertiary/aromatic N) is 1. The van der Waals surface area contributed by atoms with Crippen LogP contribution in [0.2, 0.25) is 0 Å². The van der Waals surface area contributed by atoms with Gasteiger partial charge in [-0.15, -0.1) is 0 Å². The Morgan fingerprint density at radius 1 is 0.416 bits per heavy atom. The van der Waals surface area contributed by atoms with Crippen molar-refractivity contribution in [3.63, 3.8) is 0 Å². The standard InChI is InChI=1S/C67H114NO8P/c1-6-8-10-12-14-16-18-20-22-24-26-27-28-29-30-31-32-33-34-35-36-37-38-39-40-41-42-44-46-48-50-52-54-56-58-60-67(70)76-65(64-75-77(71,72)74-62-61-68(3,4)5)63-73-66(69)59-57-55-53-51-49-47-45-43-25-23-21-19-17-15-13-11-9-7-2/h8,10,14,16,20,22-23,25-27,29-30,32-33,35-36,38-39,41-42,65H,6-7,9,11-13,15,17-19,21,24,28,31,34,37,40,43-64H2,1-5H3/p+1/b10-8-,16-14-,22-20-,25-23-,27-26-,30-29-,33-32-,36-35-,39-38-,42-41-. The van der Waals surface area contributed by atoms with E-state index in [-0.39, 0.29) is 32.0 Å². The molecule has 0 radical (unpaired) electrons. The first-order chi connectivity index (χ1) is 37.5. The summed E-state index contributed by atoms with van der Waals surface area (Å²) in [6.07, 6.45) is 81.3. The fraction of sp³-hybridized carbons (Fsp3) is 0.672. The Hall–Kier alpha value is -3.59. The number of carbonyl (C=O) groups is 2. The number of quaternary nitrogens is 1. The van der Waals surface area contributed by atoms with Crippen LogP contribution in [0.25, 0.3) is 0 Å². The summed E-state index contributed by atoms with van der Waals surface area (Å²) in [5.74, 6) is -0.820.